The van der Waals surface area contributed by atoms with E-state index in [-0.39, 0.29) is 12.5 Å². The van der Waals surface area contributed by atoms with E-state index in [4.69, 9.17) is 4.74 Å². The first-order valence-corrected chi connectivity index (χ1v) is 12.6. The van der Waals surface area contributed by atoms with Gasteiger partial charge in [0.05, 0.1) is 12.2 Å². The molecule has 0 spiro atoms. The molecular formula is C27H28N4O3S. The summed E-state index contributed by atoms with van der Waals surface area (Å²) >= 11 is 1.35. The van der Waals surface area contributed by atoms with Gasteiger partial charge < -0.3 is 14.5 Å². The number of carbonyl (C=O) groups is 2. The molecule has 1 amide bonds. The van der Waals surface area contributed by atoms with Crippen molar-refractivity contribution in [1.82, 2.24) is 14.7 Å². The second-order valence-electron chi connectivity index (χ2n) is 8.84. The number of para-hydroxylation sites is 1. The number of hydrogen-bond donors (Lipinski definition) is 0. The molecule has 0 aliphatic carbocycles. The molecule has 0 N–H and O–H groups in total. The summed E-state index contributed by atoms with van der Waals surface area (Å²) in [6.45, 7) is 7.14. The van der Waals surface area contributed by atoms with Gasteiger partial charge in [-0.25, -0.2) is 4.79 Å². The fraction of sp³-hybridized carbons (Fsp3) is 0.296. The van der Waals surface area contributed by atoms with Crippen LogP contribution in [0.3, 0.4) is 0 Å². The van der Waals surface area contributed by atoms with E-state index in [9.17, 15) is 9.59 Å². The molecule has 0 saturated carbocycles. The van der Waals surface area contributed by atoms with Gasteiger partial charge in [-0.15, -0.1) is 11.3 Å². The third-order valence-corrected chi connectivity index (χ3v) is 7.47. The number of thiophene rings is 1. The maximum atomic E-state index is 12.7. The van der Waals surface area contributed by atoms with Crippen LogP contribution in [0.25, 0.3) is 10.2 Å². The van der Waals surface area contributed by atoms with Crippen LogP contribution < -0.4 is 4.90 Å². The molecule has 8 heteroatoms. The monoisotopic (exact) mass is 488 g/mol. The molecule has 35 heavy (non-hydrogen) atoms. The molecule has 1 fully saturated rings. The molecule has 180 valence electrons. The standard InChI is InChI=1S/C27H28N4O3S/c1-19-8-10-21(11-9-19)17-31-26-23(20(2)28-31)16-24(35-26)27(33)34-18-25(32)30-14-12-29(13-15-30)22-6-4-3-5-7-22/h3-11,16H,12-15,17-18H2,1-2H3. The largest absolute Gasteiger partial charge is 0.451 e. The van der Waals surface area contributed by atoms with Crippen LogP contribution in [0.5, 0.6) is 0 Å². The summed E-state index contributed by atoms with van der Waals surface area (Å²) in [7, 11) is 0. The highest BCUT2D eigenvalue weighted by molar-refractivity contribution is 7.20. The first kappa shape index (κ1) is 23.1. The SMILES string of the molecule is Cc1ccc(Cn2nc(C)c3cc(C(=O)OCC(=O)N4CCN(c5ccccc5)CC4)sc32)cc1. The third-order valence-electron chi connectivity index (χ3n) is 6.34. The Morgan fingerprint density at radius 3 is 2.40 bits per heavy atom. The Hall–Kier alpha value is -3.65. The molecule has 3 heterocycles. The number of benzene rings is 2. The fourth-order valence-electron chi connectivity index (χ4n) is 4.33. The molecule has 1 aliphatic heterocycles. The van der Waals surface area contributed by atoms with Crippen molar-refractivity contribution in [1.29, 1.82) is 0 Å². The molecule has 0 atom stereocenters. The minimum Gasteiger partial charge on any atom is -0.451 e. The molecule has 2 aromatic heterocycles. The second-order valence-corrected chi connectivity index (χ2v) is 9.87. The summed E-state index contributed by atoms with van der Waals surface area (Å²) in [5.74, 6) is -0.627. The lowest BCUT2D eigenvalue weighted by molar-refractivity contribution is -0.134. The number of rotatable bonds is 6. The number of fused-ring (bicyclic) bond motifs is 1. The number of esters is 1. The Balaban J connectivity index is 1.18. The fourth-order valence-corrected chi connectivity index (χ4v) is 5.38. The highest BCUT2D eigenvalue weighted by Gasteiger charge is 2.23. The van der Waals surface area contributed by atoms with E-state index in [0.717, 1.165) is 40.3 Å². The van der Waals surface area contributed by atoms with Gasteiger partial charge in [-0.1, -0.05) is 48.0 Å². The molecule has 1 aliphatic rings. The number of anilines is 1. The molecule has 5 rings (SSSR count). The van der Waals surface area contributed by atoms with Crippen molar-refractivity contribution in [2.24, 2.45) is 0 Å². The zero-order valence-corrected chi connectivity index (χ0v) is 20.8. The number of nitrogens with zero attached hydrogens (tertiary/aromatic N) is 4. The average Bonchev–Trinajstić information content (AvgIpc) is 3.45. The first-order valence-electron chi connectivity index (χ1n) is 11.8. The van der Waals surface area contributed by atoms with Gasteiger partial charge in [0.25, 0.3) is 5.91 Å². The van der Waals surface area contributed by atoms with Gasteiger partial charge in [0.1, 0.15) is 9.71 Å². The number of hydrogen-bond acceptors (Lipinski definition) is 6. The number of aromatic nitrogens is 2. The maximum absolute atomic E-state index is 12.7. The summed E-state index contributed by atoms with van der Waals surface area (Å²) in [4.78, 5) is 30.8. The zero-order chi connectivity index (χ0) is 24.4. The number of carbonyl (C=O) groups excluding carboxylic acids is 2. The Labute approximate surface area is 208 Å². The lowest BCUT2D eigenvalue weighted by atomic mass is 10.1. The highest BCUT2D eigenvalue weighted by Crippen LogP contribution is 2.29. The number of piperazine rings is 1. The average molecular weight is 489 g/mol. The Morgan fingerprint density at radius 1 is 0.971 bits per heavy atom. The van der Waals surface area contributed by atoms with Crippen LogP contribution in [0.1, 0.15) is 26.5 Å². The van der Waals surface area contributed by atoms with Crippen LogP contribution in [-0.4, -0.2) is 59.3 Å². The summed E-state index contributed by atoms with van der Waals surface area (Å²) in [6.07, 6.45) is 0. The van der Waals surface area contributed by atoms with Crippen molar-refractivity contribution in [3.63, 3.8) is 0 Å². The highest BCUT2D eigenvalue weighted by atomic mass is 32.1. The first-order chi connectivity index (χ1) is 17.0. The van der Waals surface area contributed by atoms with Crippen LogP contribution in [0.4, 0.5) is 5.69 Å². The topological polar surface area (TPSA) is 67.7 Å². The van der Waals surface area contributed by atoms with Crippen molar-refractivity contribution in [3.8, 4) is 0 Å². The summed E-state index contributed by atoms with van der Waals surface area (Å²) in [5.41, 5.74) is 4.39. The summed E-state index contributed by atoms with van der Waals surface area (Å²) < 4.78 is 7.33. The molecule has 4 aromatic rings. The smallest absolute Gasteiger partial charge is 0.348 e. The van der Waals surface area contributed by atoms with Crippen LogP contribution in [0, 0.1) is 13.8 Å². The van der Waals surface area contributed by atoms with Crippen LogP contribution in [0.15, 0.2) is 60.7 Å². The normalized spacial score (nSPS) is 13.9. The Kier molecular flexibility index (Phi) is 6.55. The molecule has 7 nitrogen and oxygen atoms in total. The van der Waals surface area contributed by atoms with Crippen LogP contribution in [-0.2, 0) is 16.1 Å². The number of aryl methyl sites for hydroxylation is 2. The van der Waals surface area contributed by atoms with Gasteiger partial charge >= 0.3 is 5.97 Å². The van der Waals surface area contributed by atoms with Crippen molar-refractivity contribution in [3.05, 3.63) is 82.4 Å². The van der Waals surface area contributed by atoms with E-state index >= 15 is 0 Å². The predicted octanol–water partition coefficient (Wildman–Crippen LogP) is 4.27. The van der Waals surface area contributed by atoms with Gasteiger partial charge in [-0.3, -0.25) is 9.48 Å². The van der Waals surface area contributed by atoms with Gasteiger partial charge in [-0.2, -0.15) is 5.10 Å². The maximum Gasteiger partial charge on any atom is 0.348 e. The Morgan fingerprint density at radius 2 is 1.69 bits per heavy atom. The molecule has 1 saturated heterocycles. The van der Waals surface area contributed by atoms with E-state index in [1.54, 1.807) is 4.90 Å². The zero-order valence-electron chi connectivity index (χ0n) is 19.9. The van der Waals surface area contributed by atoms with Gasteiger partial charge in [0.2, 0.25) is 0 Å². The second kappa shape index (κ2) is 9.92. The molecule has 0 bridgehead atoms. The predicted molar refractivity (Wildman–Crippen MR) is 138 cm³/mol. The molecular weight excluding hydrogens is 460 g/mol. The number of amides is 1. The van der Waals surface area contributed by atoms with E-state index in [1.165, 1.54) is 16.9 Å². The summed E-state index contributed by atoms with van der Waals surface area (Å²) in [6, 6.07) is 20.3. The van der Waals surface area contributed by atoms with Crippen molar-refractivity contribution < 1.29 is 14.3 Å². The van der Waals surface area contributed by atoms with Crippen LogP contribution in [0.2, 0.25) is 0 Å². The van der Waals surface area contributed by atoms with Gasteiger partial charge in [-0.05, 0) is 37.6 Å². The van der Waals surface area contributed by atoms with Crippen LogP contribution >= 0.6 is 11.3 Å². The van der Waals surface area contributed by atoms with Gasteiger partial charge in [0.15, 0.2) is 6.61 Å². The lowest BCUT2D eigenvalue weighted by Gasteiger charge is -2.36. The quantitative estimate of drug-likeness (QED) is 0.379. The van der Waals surface area contributed by atoms with Crippen molar-refractivity contribution >= 4 is 39.1 Å². The molecule has 0 unspecified atom stereocenters. The minimum absolute atomic E-state index is 0.158. The Bertz CT molecular complexity index is 1340. The van der Waals surface area contributed by atoms with E-state index in [2.05, 4.69) is 53.3 Å². The van der Waals surface area contributed by atoms with E-state index in [1.807, 2.05) is 35.9 Å². The van der Waals surface area contributed by atoms with Gasteiger partial charge in [0, 0.05) is 37.3 Å². The minimum atomic E-state index is -0.469. The lowest BCUT2D eigenvalue weighted by Crippen LogP contribution is -2.49. The number of ether oxygens (including phenoxy) is 1. The van der Waals surface area contributed by atoms with Crippen molar-refractivity contribution in [2.45, 2.75) is 20.4 Å². The third kappa shape index (κ3) is 5.07. The molecule has 0 radical (unpaired) electrons. The van der Waals surface area contributed by atoms with Crippen molar-refractivity contribution in [2.75, 3.05) is 37.7 Å². The summed E-state index contributed by atoms with van der Waals surface area (Å²) in [5, 5.41) is 5.58. The van der Waals surface area contributed by atoms with E-state index < -0.39 is 5.97 Å². The van der Waals surface area contributed by atoms with E-state index in [0.29, 0.717) is 24.5 Å². The molecule has 2 aromatic carbocycles.